The number of hydrogen-bond acceptors (Lipinski definition) is 4. The first-order valence-corrected chi connectivity index (χ1v) is 11.2. The number of aromatic nitrogens is 3. The second-order valence-corrected chi connectivity index (χ2v) is 8.21. The minimum atomic E-state index is -0.571. The maximum Gasteiger partial charge on any atom is 0.254 e. The lowest BCUT2D eigenvalue weighted by atomic mass is 10.1. The van der Waals surface area contributed by atoms with E-state index in [0.717, 1.165) is 22.7 Å². The van der Waals surface area contributed by atoms with E-state index in [9.17, 15) is 9.59 Å². The van der Waals surface area contributed by atoms with Crippen molar-refractivity contribution in [2.75, 3.05) is 12.4 Å². The first kappa shape index (κ1) is 21.1. The molecule has 8 nitrogen and oxygen atoms in total. The summed E-state index contributed by atoms with van der Waals surface area (Å²) < 4.78 is 7.62. The molecule has 9 heteroatoms. The number of nitrogens with two attached hydrogens (primary N) is 1. The number of nitrogens with zero attached hydrogens (tertiary/aromatic N) is 3. The summed E-state index contributed by atoms with van der Waals surface area (Å²) in [6.07, 6.45) is 0.899. The van der Waals surface area contributed by atoms with E-state index in [1.165, 1.54) is 0 Å². The number of H-pyrrole nitrogens is 1. The van der Waals surface area contributed by atoms with Crippen molar-refractivity contribution < 1.29 is 14.3 Å². The Labute approximate surface area is 194 Å². The Morgan fingerprint density at radius 3 is 2.52 bits per heavy atom. The van der Waals surface area contributed by atoms with Gasteiger partial charge in [0, 0.05) is 30.8 Å². The summed E-state index contributed by atoms with van der Waals surface area (Å²) in [6.45, 7) is 0.971. The summed E-state index contributed by atoms with van der Waals surface area (Å²) >= 11 is 5.74. The standard InChI is InChI=1S/C24H22ClN5O3/c25-12-10-20(31)29-13-11-18-19(14-29)30-24(27-18)21(23(26)32)22(28-30)15-6-8-17(9-7-15)33-16-4-2-1-3-5-16/h1-9,28H,10-14H2,(H2,26,32). The van der Waals surface area contributed by atoms with Crippen LogP contribution in [0.3, 0.4) is 0 Å². The van der Waals surface area contributed by atoms with Crippen LogP contribution in [0.15, 0.2) is 54.6 Å². The summed E-state index contributed by atoms with van der Waals surface area (Å²) in [7, 11) is 0. The molecule has 0 spiro atoms. The number of carbonyl (C=O) groups excluding carboxylic acids is 2. The number of nitrogens with one attached hydrogen (secondary N) is 1. The highest BCUT2D eigenvalue weighted by molar-refractivity contribution is 6.18. The Kier molecular flexibility index (Phi) is 5.51. The van der Waals surface area contributed by atoms with Gasteiger partial charge < -0.3 is 15.4 Å². The predicted octanol–water partition coefficient (Wildman–Crippen LogP) is 3.73. The van der Waals surface area contributed by atoms with Crippen molar-refractivity contribution in [3.05, 3.63) is 71.5 Å². The van der Waals surface area contributed by atoms with Crippen LogP contribution in [0.4, 0.5) is 0 Å². The molecule has 0 radical (unpaired) electrons. The van der Waals surface area contributed by atoms with Gasteiger partial charge in [-0.1, -0.05) is 18.2 Å². The van der Waals surface area contributed by atoms with Crippen LogP contribution in [-0.4, -0.2) is 43.7 Å². The van der Waals surface area contributed by atoms with Crippen molar-refractivity contribution in [2.45, 2.75) is 19.4 Å². The molecule has 168 valence electrons. The molecule has 0 bridgehead atoms. The molecule has 0 atom stereocenters. The smallest absolute Gasteiger partial charge is 0.254 e. The van der Waals surface area contributed by atoms with Crippen molar-refractivity contribution in [3.8, 4) is 22.8 Å². The highest BCUT2D eigenvalue weighted by Gasteiger charge is 2.29. The number of primary amides is 1. The second-order valence-electron chi connectivity index (χ2n) is 7.83. The monoisotopic (exact) mass is 463 g/mol. The maximum absolute atomic E-state index is 12.4. The predicted molar refractivity (Wildman–Crippen MR) is 124 cm³/mol. The minimum Gasteiger partial charge on any atom is -0.457 e. The van der Waals surface area contributed by atoms with Gasteiger partial charge in [0.25, 0.3) is 5.91 Å². The number of aromatic amines is 1. The summed E-state index contributed by atoms with van der Waals surface area (Å²) in [5, 5.41) is 3.28. The number of para-hydroxylation sites is 1. The highest BCUT2D eigenvalue weighted by atomic mass is 35.5. The minimum absolute atomic E-state index is 0.00140. The van der Waals surface area contributed by atoms with Gasteiger partial charge in [0.05, 0.1) is 23.6 Å². The number of fused-ring (bicyclic) bond motifs is 3. The number of amides is 2. The van der Waals surface area contributed by atoms with E-state index >= 15 is 0 Å². The fourth-order valence-corrected chi connectivity index (χ4v) is 4.30. The molecule has 2 amide bonds. The van der Waals surface area contributed by atoms with Gasteiger partial charge in [-0.25, -0.2) is 9.50 Å². The summed E-state index contributed by atoms with van der Waals surface area (Å²) in [5.41, 5.74) is 9.59. The average molecular weight is 464 g/mol. The number of benzene rings is 2. The molecule has 33 heavy (non-hydrogen) atoms. The molecule has 5 rings (SSSR count). The van der Waals surface area contributed by atoms with Crippen LogP contribution in [0.5, 0.6) is 11.5 Å². The summed E-state index contributed by atoms with van der Waals surface area (Å²) in [6, 6.07) is 16.9. The van der Waals surface area contributed by atoms with Crippen LogP contribution >= 0.6 is 11.6 Å². The largest absolute Gasteiger partial charge is 0.457 e. The Bertz CT molecular complexity index is 1330. The fraction of sp³-hybridized carbons (Fsp3) is 0.208. The molecule has 3 N–H and O–H groups in total. The molecule has 3 heterocycles. The van der Waals surface area contributed by atoms with Crippen LogP contribution in [0.25, 0.3) is 16.9 Å². The molecule has 0 unspecified atom stereocenters. The zero-order valence-electron chi connectivity index (χ0n) is 17.8. The van der Waals surface area contributed by atoms with Crippen LogP contribution in [0.2, 0.25) is 0 Å². The van der Waals surface area contributed by atoms with Gasteiger partial charge in [-0.3, -0.25) is 14.7 Å². The maximum atomic E-state index is 12.4. The number of ether oxygens (including phenoxy) is 1. The van der Waals surface area contributed by atoms with E-state index in [4.69, 9.17) is 22.1 Å². The van der Waals surface area contributed by atoms with Crippen molar-refractivity contribution in [1.82, 2.24) is 19.5 Å². The molecule has 2 aromatic heterocycles. The van der Waals surface area contributed by atoms with Crippen LogP contribution in [0, 0.1) is 0 Å². The number of rotatable bonds is 6. The Morgan fingerprint density at radius 1 is 1.09 bits per heavy atom. The van der Waals surface area contributed by atoms with Crippen molar-refractivity contribution in [2.24, 2.45) is 5.73 Å². The molecule has 0 fully saturated rings. The molecule has 0 aliphatic carbocycles. The van der Waals surface area contributed by atoms with E-state index in [1.54, 1.807) is 9.42 Å². The number of halogens is 1. The van der Waals surface area contributed by atoms with E-state index < -0.39 is 5.91 Å². The molecular weight excluding hydrogens is 442 g/mol. The van der Waals surface area contributed by atoms with Crippen LogP contribution in [-0.2, 0) is 17.8 Å². The van der Waals surface area contributed by atoms with E-state index in [0.29, 0.717) is 48.6 Å². The van der Waals surface area contributed by atoms with Crippen molar-refractivity contribution in [1.29, 1.82) is 0 Å². The van der Waals surface area contributed by atoms with Gasteiger partial charge in [-0.2, -0.15) is 0 Å². The summed E-state index contributed by atoms with van der Waals surface area (Å²) in [5.74, 6) is 1.13. The topological polar surface area (TPSA) is 106 Å². The quantitative estimate of drug-likeness (QED) is 0.425. The molecule has 4 aromatic rings. The zero-order chi connectivity index (χ0) is 22.9. The molecule has 1 aliphatic heterocycles. The van der Waals surface area contributed by atoms with Gasteiger partial charge in [-0.15, -0.1) is 11.6 Å². The SMILES string of the molecule is NC(=O)c1c(-c2ccc(Oc3ccccc3)cc2)[nH]n2c3c(nc12)CCN(C(=O)CCCl)C3. The van der Waals surface area contributed by atoms with Crippen LogP contribution in [0.1, 0.15) is 28.2 Å². The van der Waals surface area contributed by atoms with E-state index in [-0.39, 0.29) is 11.8 Å². The van der Waals surface area contributed by atoms with E-state index in [2.05, 4.69) is 10.1 Å². The van der Waals surface area contributed by atoms with Gasteiger partial charge in [-0.05, 0) is 36.4 Å². The third-order valence-corrected chi connectivity index (χ3v) is 5.93. The normalized spacial score (nSPS) is 13.2. The average Bonchev–Trinajstić information content (AvgIpc) is 3.36. The fourth-order valence-electron chi connectivity index (χ4n) is 4.14. The lowest BCUT2D eigenvalue weighted by Crippen LogP contribution is -2.36. The number of alkyl halides is 1. The number of imidazole rings is 1. The van der Waals surface area contributed by atoms with Crippen molar-refractivity contribution >= 4 is 29.1 Å². The third-order valence-electron chi connectivity index (χ3n) is 5.74. The molecule has 2 aromatic carbocycles. The lowest BCUT2D eigenvalue weighted by molar-refractivity contribution is -0.131. The molecule has 1 aliphatic rings. The van der Waals surface area contributed by atoms with Gasteiger partial charge >= 0.3 is 0 Å². The Morgan fingerprint density at radius 2 is 1.82 bits per heavy atom. The van der Waals surface area contributed by atoms with Gasteiger partial charge in [0.15, 0.2) is 5.65 Å². The third kappa shape index (κ3) is 3.93. The molecule has 0 saturated carbocycles. The lowest BCUT2D eigenvalue weighted by Gasteiger charge is -2.26. The first-order chi connectivity index (χ1) is 16.0. The molecular formula is C24H22ClN5O3. The Balaban J connectivity index is 1.49. The van der Waals surface area contributed by atoms with E-state index in [1.807, 2.05) is 54.6 Å². The number of carbonyl (C=O) groups is 2. The Hall–Kier alpha value is -3.78. The zero-order valence-corrected chi connectivity index (χ0v) is 18.5. The van der Waals surface area contributed by atoms with Gasteiger partial charge in [0.2, 0.25) is 5.91 Å². The van der Waals surface area contributed by atoms with Crippen molar-refractivity contribution in [3.63, 3.8) is 0 Å². The van der Waals surface area contributed by atoms with Crippen LogP contribution < -0.4 is 10.5 Å². The number of hydrogen-bond donors (Lipinski definition) is 2. The first-order valence-electron chi connectivity index (χ1n) is 10.6. The van der Waals surface area contributed by atoms with Gasteiger partial charge in [0.1, 0.15) is 17.1 Å². The second kappa shape index (κ2) is 8.63. The molecule has 0 saturated heterocycles. The summed E-state index contributed by atoms with van der Waals surface area (Å²) in [4.78, 5) is 31.2. The highest BCUT2D eigenvalue weighted by Crippen LogP contribution is 2.31.